The summed E-state index contributed by atoms with van der Waals surface area (Å²) in [7, 11) is 0. The van der Waals surface area contributed by atoms with Gasteiger partial charge in [-0.05, 0) is 35.0 Å². The molecule has 0 unspecified atom stereocenters. The summed E-state index contributed by atoms with van der Waals surface area (Å²) >= 11 is 0. The summed E-state index contributed by atoms with van der Waals surface area (Å²) < 4.78 is 0. The molecule has 72 valence electrons. The van der Waals surface area contributed by atoms with Crippen LogP contribution in [0, 0.1) is 22.7 Å². The normalized spacial score (nSPS) is 8.88. The van der Waals surface area contributed by atoms with Gasteiger partial charge in [-0.2, -0.15) is 10.5 Å². The Bertz CT molecular complexity index is 623. The van der Waals surface area contributed by atoms with Crippen LogP contribution in [0.2, 0.25) is 0 Å². The van der Waals surface area contributed by atoms with Crippen LogP contribution in [0.4, 0.5) is 0 Å². The number of nitriles is 2. The quantitative estimate of drug-likeness (QED) is 0.683. The van der Waals surface area contributed by atoms with Crippen molar-refractivity contribution in [1.29, 1.82) is 10.5 Å². The van der Waals surface area contributed by atoms with Crippen LogP contribution >= 0.6 is 0 Å². The number of aromatic hydroxyl groups is 1. The van der Waals surface area contributed by atoms with Gasteiger partial charge in [0.25, 0.3) is 0 Å². The first-order valence-corrected chi connectivity index (χ1v) is 4.31. The first kappa shape index (κ1) is 12.5. The monoisotopic (exact) mass is 218 g/mol. The second-order valence-corrected chi connectivity index (χ2v) is 3.15. The molecule has 0 aromatic heterocycles. The van der Waals surface area contributed by atoms with Gasteiger partial charge in [-0.3, -0.25) is 0 Å². The van der Waals surface area contributed by atoms with Crippen LogP contribution in [0.1, 0.15) is 11.1 Å². The number of nitrogens with zero attached hydrogens (tertiary/aromatic N) is 2. The van der Waals surface area contributed by atoms with Crippen LogP contribution < -0.4 is 0 Å². The molecule has 2 aromatic rings. The van der Waals surface area contributed by atoms with Crippen LogP contribution in [0.3, 0.4) is 0 Å². The van der Waals surface area contributed by atoms with Gasteiger partial charge < -0.3 is 5.11 Å². The van der Waals surface area contributed by atoms with Crippen LogP contribution in [0.15, 0.2) is 30.3 Å². The molecule has 1 N–H and O–H groups in total. The standard InChI is InChI=1S/C12H6N2O.Na.H/c13-6-8-1-2-9-5-12(15)11(7-14)4-10(9)3-8;;/h1-5,15H;;. The topological polar surface area (TPSA) is 67.8 Å². The van der Waals surface area contributed by atoms with Gasteiger partial charge >= 0.3 is 29.6 Å². The molecule has 0 fully saturated rings. The molecule has 0 saturated heterocycles. The van der Waals surface area contributed by atoms with Crippen molar-refractivity contribution in [1.82, 2.24) is 0 Å². The van der Waals surface area contributed by atoms with Crippen molar-refractivity contribution >= 4 is 40.3 Å². The Morgan fingerprint density at radius 3 is 2.31 bits per heavy atom. The molecule has 2 aromatic carbocycles. The van der Waals surface area contributed by atoms with E-state index in [1.807, 2.05) is 12.1 Å². The number of benzene rings is 2. The van der Waals surface area contributed by atoms with Gasteiger partial charge in [-0.25, -0.2) is 0 Å². The summed E-state index contributed by atoms with van der Waals surface area (Å²) in [5, 5.41) is 28.5. The van der Waals surface area contributed by atoms with Gasteiger partial charge in [0.1, 0.15) is 11.8 Å². The fourth-order valence-corrected chi connectivity index (χ4v) is 1.44. The Hall–Kier alpha value is -1.52. The Balaban J connectivity index is 0.00000128. The molecule has 16 heavy (non-hydrogen) atoms. The maximum atomic E-state index is 9.45. The van der Waals surface area contributed by atoms with Crippen molar-refractivity contribution in [3.8, 4) is 17.9 Å². The van der Waals surface area contributed by atoms with E-state index in [-0.39, 0.29) is 40.9 Å². The summed E-state index contributed by atoms with van der Waals surface area (Å²) in [5.74, 6) is -0.0327. The predicted molar refractivity (Wildman–Crippen MR) is 62.2 cm³/mol. The number of phenols is 1. The van der Waals surface area contributed by atoms with Gasteiger partial charge in [0.15, 0.2) is 0 Å². The van der Waals surface area contributed by atoms with Crippen molar-refractivity contribution in [3.05, 3.63) is 41.5 Å². The van der Waals surface area contributed by atoms with E-state index in [2.05, 4.69) is 0 Å². The molecule has 0 atom stereocenters. The first-order chi connectivity index (χ1) is 7.24. The third kappa shape index (κ3) is 2.18. The molecular weight excluding hydrogens is 211 g/mol. The predicted octanol–water partition coefficient (Wildman–Crippen LogP) is 1.64. The van der Waals surface area contributed by atoms with Crippen LogP contribution in [0.25, 0.3) is 10.8 Å². The van der Waals surface area contributed by atoms with Crippen molar-refractivity contribution in [2.45, 2.75) is 0 Å². The van der Waals surface area contributed by atoms with E-state index in [0.717, 1.165) is 10.8 Å². The Kier molecular flexibility index (Phi) is 3.93. The molecule has 0 amide bonds. The molecule has 2 rings (SSSR count). The van der Waals surface area contributed by atoms with Crippen LogP contribution in [-0.2, 0) is 0 Å². The molecule has 0 spiro atoms. The van der Waals surface area contributed by atoms with Crippen molar-refractivity contribution < 1.29 is 5.11 Å². The average molecular weight is 218 g/mol. The number of hydrogen-bond donors (Lipinski definition) is 1. The van der Waals surface area contributed by atoms with Gasteiger partial charge in [-0.1, -0.05) is 6.07 Å². The third-order valence-corrected chi connectivity index (χ3v) is 2.20. The second kappa shape index (κ2) is 5.01. The SMILES string of the molecule is N#Cc1ccc2cc(O)c(C#N)cc2c1.[NaH]. The number of rotatable bonds is 0. The number of hydrogen-bond acceptors (Lipinski definition) is 3. The molecule has 0 aliphatic rings. The van der Waals surface area contributed by atoms with E-state index in [4.69, 9.17) is 10.5 Å². The van der Waals surface area contributed by atoms with Gasteiger partial charge in [0, 0.05) is 0 Å². The average Bonchev–Trinajstić information content (AvgIpc) is 2.27. The molecule has 0 aliphatic carbocycles. The van der Waals surface area contributed by atoms with Crippen molar-refractivity contribution in [3.63, 3.8) is 0 Å². The molecule has 0 bridgehead atoms. The van der Waals surface area contributed by atoms with Crippen molar-refractivity contribution in [2.75, 3.05) is 0 Å². The summed E-state index contributed by atoms with van der Waals surface area (Å²) in [5.41, 5.74) is 0.759. The first-order valence-electron chi connectivity index (χ1n) is 4.31. The fraction of sp³-hybridized carbons (Fsp3) is 0. The van der Waals surface area contributed by atoms with Gasteiger partial charge in [-0.15, -0.1) is 0 Å². The van der Waals surface area contributed by atoms with Crippen LogP contribution in [-0.4, -0.2) is 34.7 Å². The third-order valence-electron chi connectivity index (χ3n) is 2.20. The van der Waals surface area contributed by atoms with E-state index >= 15 is 0 Å². The molecule has 0 aliphatic heterocycles. The Morgan fingerprint density at radius 2 is 1.69 bits per heavy atom. The van der Waals surface area contributed by atoms with E-state index in [9.17, 15) is 5.11 Å². The molecular formula is C12H7N2NaO. The second-order valence-electron chi connectivity index (χ2n) is 3.15. The van der Waals surface area contributed by atoms with E-state index < -0.39 is 0 Å². The van der Waals surface area contributed by atoms with E-state index in [0.29, 0.717) is 5.56 Å². The van der Waals surface area contributed by atoms with Crippen molar-refractivity contribution in [2.24, 2.45) is 0 Å². The molecule has 0 radical (unpaired) electrons. The zero-order valence-electron chi connectivity index (χ0n) is 7.73. The zero-order valence-corrected chi connectivity index (χ0v) is 7.73. The number of fused-ring (bicyclic) bond motifs is 1. The van der Waals surface area contributed by atoms with E-state index in [1.165, 1.54) is 6.07 Å². The fourth-order valence-electron chi connectivity index (χ4n) is 1.44. The minimum atomic E-state index is -0.0327. The molecule has 3 nitrogen and oxygen atoms in total. The summed E-state index contributed by atoms with van der Waals surface area (Å²) in [6, 6.07) is 12.1. The maximum absolute atomic E-state index is 9.45. The Morgan fingerprint density at radius 1 is 0.938 bits per heavy atom. The van der Waals surface area contributed by atoms with Gasteiger partial charge in [0.2, 0.25) is 0 Å². The summed E-state index contributed by atoms with van der Waals surface area (Å²) in [4.78, 5) is 0. The molecule has 4 heteroatoms. The number of phenolic OH excluding ortho intramolecular Hbond substituents is 1. The van der Waals surface area contributed by atoms with Crippen LogP contribution in [0.5, 0.6) is 5.75 Å². The minimum absolute atomic E-state index is 0. The van der Waals surface area contributed by atoms with E-state index in [1.54, 1.807) is 24.3 Å². The molecule has 0 saturated carbocycles. The summed E-state index contributed by atoms with van der Waals surface area (Å²) in [6.45, 7) is 0. The summed E-state index contributed by atoms with van der Waals surface area (Å²) in [6.07, 6.45) is 0. The Labute approximate surface area is 115 Å². The zero-order chi connectivity index (χ0) is 10.8. The molecule has 0 heterocycles. The van der Waals surface area contributed by atoms with Gasteiger partial charge in [0.05, 0.1) is 17.2 Å².